The number of primary amides is 1. The van der Waals surface area contributed by atoms with E-state index in [1.807, 2.05) is 0 Å². The van der Waals surface area contributed by atoms with Crippen LogP contribution >= 0.6 is 0 Å². The van der Waals surface area contributed by atoms with E-state index in [-0.39, 0.29) is 0 Å². The van der Waals surface area contributed by atoms with Gasteiger partial charge in [0.1, 0.15) is 0 Å². The Morgan fingerprint density at radius 2 is 1.81 bits per heavy atom. The lowest BCUT2D eigenvalue weighted by Crippen LogP contribution is -2.30. The van der Waals surface area contributed by atoms with Crippen LogP contribution in [-0.4, -0.2) is 25.8 Å². The molecule has 3 N–H and O–H groups in total. The summed E-state index contributed by atoms with van der Waals surface area (Å²) in [6.45, 7) is 6.77. The summed E-state index contributed by atoms with van der Waals surface area (Å²) in [7, 11) is 0. The number of hydrogen-bond acceptors (Lipinski definition) is 2. The van der Waals surface area contributed by atoms with Crippen LogP contribution in [0.15, 0.2) is 0 Å². The Kier molecular flexibility index (Phi) is 10.2. The molecule has 0 unspecified atom stereocenters. The Balaban J connectivity index is 2.96. The first-order chi connectivity index (χ1) is 7.63. The standard InChI is InChI=1S/C12H26N2O2/c1-11(2)7-3-5-9-16-10-6-4-8-14-12(13)15/h11H,3-10H2,1-2H3,(H3,13,14,15). The van der Waals surface area contributed by atoms with E-state index in [0.717, 1.165) is 38.4 Å². The summed E-state index contributed by atoms with van der Waals surface area (Å²) in [4.78, 5) is 10.3. The lowest BCUT2D eigenvalue weighted by Gasteiger charge is -2.06. The van der Waals surface area contributed by atoms with Crippen LogP contribution in [0.5, 0.6) is 0 Å². The number of urea groups is 1. The molecule has 0 saturated heterocycles. The molecule has 2 amide bonds. The van der Waals surface area contributed by atoms with Gasteiger partial charge in [-0.2, -0.15) is 0 Å². The van der Waals surface area contributed by atoms with Gasteiger partial charge in [0.25, 0.3) is 0 Å². The second-order valence-electron chi connectivity index (χ2n) is 4.50. The molecule has 0 aliphatic heterocycles. The van der Waals surface area contributed by atoms with Crippen LogP contribution in [0.3, 0.4) is 0 Å². The van der Waals surface area contributed by atoms with Crippen LogP contribution in [0.2, 0.25) is 0 Å². The van der Waals surface area contributed by atoms with Crippen molar-refractivity contribution in [2.45, 2.75) is 46.0 Å². The largest absolute Gasteiger partial charge is 0.381 e. The predicted octanol–water partition coefficient (Wildman–Crippen LogP) is 2.28. The number of amides is 2. The van der Waals surface area contributed by atoms with Crippen LogP contribution in [0.1, 0.15) is 46.0 Å². The van der Waals surface area contributed by atoms with Gasteiger partial charge in [0.15, 0.2) is 0 Å². The number of unbranched alkanes of at least 4 members (excludes halogenated alkanes) is 2. The van der Waals surface area contributed by atoms with Crippen LogP contribution in [0, 0.1) is 5.92 Å². The molecule has 0 rings (SSSR count). The van der Waals surface area contributed by atoms with Crippen molar-refractivity contribution in [1.29, 1.82) is 0 Å². The molecule has 0 heterocycles. The predicted molar refractivity (Wildman–Crippen MR) is 66.3 cm³/mol. The van der Waals surface area contributed by atoms with Crippen molar-refractivity contribution in [3.8, 4) is 0 Å². The molecule has 0 aliphatic carbocycles. The van der Waals surface area contributed by atoms with Crippen molar-refractivity contribution in [3.05, 3.63) is 0 Å². The third kappa shape index (κ3) is 13.2. The third-order valence-electron chi connectivity index (χ3n) is 2.33. The Morgan fingerprint density at radius 1 is 1.19 bits per heavy atom. The van der Waals surface area contributed by atoms with Crippen molar-refractivity contribution in [2.75, 3.05) is 19.8 Å². The Morgan fingerprint density at radius 3 is 2.38 bits per heavy atom. The van der Waals surface area contributed by atoms with Crippen molar-refractivity contribution >= 4 is 6.03 Å². The molecule has 4 nitrogen and oxygen atoms in total. The first-order valence-corrected chi connectivity index (χ1v) is 6.24. The minimum atomic E-state index is -0.449. The van der Waals surface area contributed by atoms with Crippen molar-refractivity contribution in [1.82, 2.24) is 5.32 Å². The topological polar surface area (TPSA) is 64.3 Å². The van der Waals surface area contributed by atoms with E-state index in [9.17, 15) is 4.79 Å². The maximum Gasteiger partial charge on any atom is 0.312 e. The van der Waals surface area contributed by atoms with Crippen LogP contribution in [0.4, 0.5) is 4.79 Å². The monoisotopic (exact) mass is 230 g/mol. The second kappa shape index (κ2) is 10.7. The number of carbonyl (C=O) groups excluding carboxylic acids is 1. The van der Waals surface area contributed by atoms with E-state index >= 15 is 0 Å². The summed E-state index contributed by atoms with van der Waals surface area (Å²) >= 11 is 0. The number of nitrogens with one attached hydrogen (secondary N) is 1. The van der Waals surface area contributed by atoms with Crippen molar-refractivity contribution < 1.29 is 9.53 Å². The van der Waals surface area contributed by atoms with E-state index in [1.54, 1.807) is 0 Å². The van der Waals surface area contributed by atoms with Gasteiger partial charge < -0.3 is 15.8 Å². The first-order valence-electron chi connectivity index (χ1n) is 6.24. The Labute approximate surface area is 98.9 Å². The third-order valence-corrected chi connectivity index (χ3v) is 2.33. The van der Waals surface area contributed by atoms with Gasteiger partial charge in [0.2, 0.25) is 0 Å². The highest BCUT2D eigenvalue weighted by molar-refractivity contribution is 5.71. The van der Waals surface area contributed by atoms with Gasteiger partial charge in [-0.25, -0.2) is 4.79 Å². The van der Waals surface area contributed by atoms with E-state index < -0.39 is 6.03 Å². The summed E-state index contributed by atoms with van der Waals surface area (Å²) in [5.41, 5.74) is 4.93. The molecule has 0 aliphatic rings. The first kappa shape index (κ1) is 15.2. The molecule has 4 heteroatoms. The van der Waals surface area contributed by atoms with E-state index in [1.165, 1.54) is 12.8 Å². The summed E-state index contributed by atoms with van der Waals surface area (Å²) < 4.78 is 5.48. The fourth-order valence-corrected chi connectivity index (χ4v) is 1.40. The molecule has 0 fully saturated rings. The molecule has 0 bridgehead atoms. The van der Waals surface area contributed by atoms with E-state index in [4.69, 9.17) is 10.5 Å². The minimum absolute atomic E-state index is 0.449. The van der Waals surface area contributed by atoms with Crippen molar-refractivity contribution in [3.63, 3.8) is 0 Å². The number of nitrogens with two attached hydrogens (primary N) is 1. The number of hydrogen-bond donors (Lipinski definition) is 2. The van der Waals surface area contributed by atoms with Gasteiger partial charge >= 0.3 is 6.03 Å². The van der Waals surface area contributed by atoms with Crippen LogP contribution in [0.25, 0.3) is 0 Å². The van der Waals surface area contributed by atoms with Crippen LogP contribution in [-0.2, 0) is 4.74 Å². The summed E-state index contributed by atoms with van der Waals surface area (Å²) in [6, 6.07) is -0.449. The summed E-state index contributed by atoms with van der Waals surface area (Å²) in [5, 5.41) is 2.55. The Bertz CT molecular complexity index is 172. The maximum atomic E-state index is 10.3. The van der Waals surface area contributed by atoms with Gasteiger partial charge in [-0.05, 0) is 25.2 Å². The molecule has 0 aromatic rings. The lowest BCUT2D eigenvalue weighted by atomic mass is 10.1. The summed E-state index contributed by atoms with van der Waals surface area (Å²) in [6.07, 6.45) is 5.59. The van der Waals surface area contributed by atoms with Gasteiger partial charge in [0.05, 0.1) is 0 Å². The number of ether oxygens (including phenoxy) is 1. The van der Waals surface area contributed by atoms with Gasteiger partial charge in [-0.15, -0.1) is 0 Å². The highest BCUT2D eigenvalue weighted by Crippen LogP contribution is 2.05. The normalized spacial score (nSPS) is 10.7. The molecule has 16 heavy (non-hydrogen) atoms. The van der Waals surface area contributed by atoms with Gasteiger partial charge in [-0.3, -0.25) is 0 Å². The molecular formula is C12H26N2O2. The fourth-order valence-electron chi connectivity index (χ4n) is 1.40. The molecule has 0 spiro atoms. The molecule has 0 radical (unpaired) electrons. The molecular weight excluding hydrogens is 204 g/mol. The number of carbonyl (C=O) groups is 1. The average molecular weight is 230 g/mol. The zero-order valence-electron chi connectivity index (χ0n) is 10.6. The smallest absolute Gasteiger partial charge is 0.312 e. The van der Waals surface area contributed by atoms with E-state index in [2.05, 4.69) is 19.2 Å². The maximum absolute atomic E-state index is 10.3. The lowest BCUT2D eigenvalue weighted by molar-refractivity contribution is 0.125. The van der Waals surface area contributed by atoms with Crippen molar-refractivity contribution in [2.24, 2.45) is 11.7 Å². The average Bonchev–Trinajstić information content (AvgIpc) is 2.20. The highest BCUT2D eigenvalue weighted by Gasteiger charge is 1.95. The van der Waals surface area contributed by atoms with Crippen LogP contribution < -0.4 is 11.1 Å². The zero-order chi connectivity index (χ0) is 12.2. The molecule has 0 aromatic carbocycles. The minimum Gasteiger partial charge on any atom is -0.381 e. The molecule has 0 atom stereocenters. The molecule has 96 valence electrons. The second-order valence-corrected chi connectivity index (χ2v) is 4.50. The quantitative estimate of drug-likeness (QED) is 0.565. The zero-order valence-corrected chi connectivity index (χ0v) is 10.6. The SMILES string of the molecule is CC(C)CCCCOCCCCNC(N)=O. The number of rotatable bonds is 10. The fraction of sp³-hybridized carbons (Fsp3) is 0.917. The van der Waals surface area contributed by atoms with Gasteiger partial charge in [0, 0.05) is 19.8 Å². The molecule has 0 saturated carbocycles. The van der Waals surface area contributed by atoms with Gasteiger partial charge in [-0.1, -0.05) is 26.7 Å². The highest BCUT2D eigenvalue weighted by atomic mass is 16.5. The Hall–Kier alpha value is -0.770. The molecule has 0 aromatic heterocycles. The van der Waals surface area contributed by atoms with E-state index in [0.29, 0.717) is 6.54 Å². The summed E-state index contributed by atoms with van der Waals surface area (Å²) in [5.74, 6) is 0.792.